The predicted octanol–water partition coefficient (Wildman–Crippen LogP) is 6.65. The van der Waals surface area contributed by atoms with E-state index in [1.54, 1.807) is 18.2 Å². The summed E-state index contributed by atoms with van der Waals surface area (Å²) in [5, 5.41) is 0.790. The zero-order valence-corrected chi connectivity index (χ0v) is 15.7. The second kappa shape index (κ2) is 8.68. The van der Waals surface area contributed by atoms with Gasteiger partial charge in [-0.05, 0) is 56.7 Å². The molecule has 0 spiro atoms. The highest BCUT2D eigenvalue weighted by Crippen LogP contribution is 2.31. The normalized spacial score (nSPS) is 20.2. The molecule has 1 fully saturated rings. The fourth-order valence-electron chi connectivity index (χ4n) is 3.59. The van der Waals surface area contributed by atoms with Crippen molar-refractivity contribution in [3.8, 4) is 17.6 Å². The number of ether oxygens (including phenoxy) is 1. The summed E-state index contributed by atoms with van der Waals surface area (Å²) in [5.41, 5.74) is 0.675. The van der Waals surface area contributed by atoms with Crippen molar-refractivity contribution in [1.29, 1.82) is 0 Å². The van der Waals surface area contributed by atoms with Crippen LogP contribution in [0.4, 0.5) is 17.6 Å². The average Bonchev–Trinajstić information content (AvgIpc) is 2.66. The van der Waals surface area contributed by atoms with Crippen molar-refractivity contribution in [2.45, 2.75) is 38.8 Å². The van der Waals surface area contributed by atoms with E-state index in [9.17, 15) is 17.6 Å². The van der Waals surface area contributed by atoms with Crippen LogP contribution in [0.3, 0.4) is 0 Å². The standard InChI is InChI=1S/C23H22F4O/c1-2-4-16-7-9-17(10-8-16)11-12-18-5-3-6-20-19(18)13-14-21(22(20)24)28-15-23(25,26)27/h2-6,13-14,16-17H,7-10,15H2,1H3/b4-2+. The van der Waals surface area contributed by atoms with Crippen LogP contribution < -0.4 is 4.74 Å². The van der Waals surface area contributed by atoms with Crippen LogP contribution in [0.25, 0.3) is 10.8 Å². The highest BCUT2D eigenvalue weighted by atomic mass is 19.4. The molecule has 0 radical (unpaired) electrons. The zero-order chi connectivity index (χ0) is 20.1. The Morgan fingerprint density at radius 3 is 2.50 bits per heavy atom. The molecule has 2 aromatic carbocycles. The van der Waals surface area contributed by atoms with Gasteiger partial charge in [0.15, 0.2) is 18.2 Å². The molecule has 0 bridgehead atoms. The van der Waals surface area contributed by atoms with Crippen LogP contribution in [0, 0.1) is 29.5 Å². The van der Waals surface area contributed by atoms with E-state index in [-0.39, 0.29) is 5.39 Å². The van der Waals surface area contributed by atoms with Gasteiger partial charge in [-0.25, -0.2) is 4.39 Å². The van der Waals surface area contributed by atoms with Gasteiger partial charge in [-0.3, -0.25) is 0 Å². The van der Waals surface area contributed by atoms with E-state index in [1.807, 2.05) is 6.92 Å². The number of hydrogen-bond donors (Lipinski definition) is 0. The van der Waals surface area contributed by atoms with Gasteiger partial charge in [-0.15, -0.1) is 0 Å². The predicted molar refractivity (Wildman–Crippen MR) is 103 cm³/mol. The summed E-state index contributed by atoms with van der Waals surface area (Å²) in [4.78, 5) is 0. The third-order valence-electron chi connectivity index (χ3n) is 5.00. The first-order valence-electron chi connectivity index (χ1n) is 9.42. The minimum atomic E-state index is -4.51. The Balaban J connectivity index is 1.79. The molecule has 0 aliphatic heterocycles. The Labute approximate surface area is 162 Å². The molecule has 0 aromatic heterocycles. The Hall–Kier alpha value is -2.48. The average molecular weight is 390 g/mol. The summed E-state index contributed by atoms with van der Waals surface area (Å²) in [5.74, 6) is 6.19. The Kier molecular flexibility index (Phi) is 6.28. The molecule has 0 heterocycles. The number of halogens is 4. The first kappa shape index (κ1) is 20.3. The summed E-state index contributed by atoms with van der Waals surface area (Å²) in [6, 6.07) is 7.79. The zero-order valence-electron chi connectivity index (χ0n) is 15.7. The number of benzene rings is 2. The van der Waals surface area contributed by atoms with E-state index in [4.69, 9.17) is 0 Å². The van der Waals surface area contributed by atoms with Crippen LogP contribution in [0.1, 0.15) is 38.2 Å². The summed E-state index contributed by atoms with van der Waals surface area (Å²) >= 11 is 0. The molecule has 0 unspecified atom stereocenters. The van der Waals surface area contributed by atoms with Gasteiger partial charge in [0, 0.05) is 22.3 Å². The van der Waals surface area contributed by atoms with Crippen LogP contribution in [0.2, 0.25) is 0 Å². The molecule has 1 saturated carbocycles. The lowest BCUT2D eigenvalue weighted by Gasteiger charge is -2.23. The molecule has 1 nitrogen and oxygen atoms in total. The number of rotatable bonds is 3. The van der Waals surface area contributed by atoms with Gasteiger partial charge in [-0.1, -0.05) is 36.1 Å². The molecular formula is C23H22F4O. The van der Waals surface area contributed by atoms with Crippen molar-refractivity contribution >= 4 is 10.8 Å². The van der Waals surface area contributed by atoms with E-state index in [2.05, 4.69) is 28.7 Å². The minimum Gasteiger partial charge on any atom is -0.481 e. The third-order valence-corrected chi connectivity index (χ3v) is 5.00. The summed E-state index contributed by atoms with van der Waals surface area (Å²) in [6.07, 6.45) is 4.14. The maximum Gasteiger partial charge on any atom is 0.422 e. The highest BCUT2D eigenvalue weighted by molar-refractivity contribution is 5.89. The van der Waals surface area contributed by atoms with Crippen LogP contribution in [0.15, 0.2) is 42.5 Å². The fourth-order valence-corrected chi connectivity index (χ4v) is 3.59. The second-order valence-corrected chi connectivity index (χ2v) is 7.09. The fraction of sp³-hybridized carbons (Fsp3) is 0.391. The molecule has 3 rings (SSSR count). The van der Waals surface area contributed by atoms with Gasteiger partial charge in [0.05, 0.1) is 0 Å². The van der Waals surface area contributed by atoms with Crippen LogP contribution in [0.5, 0.6) is 5.75 Å². The summed E-state index contributed by atoms with van der Waals surface area (Å²) < 4.78 is 56.2. The van der Waals surface area contributed by atoms with Gasteiger partial charge >= 0.3 is 6.18 Å². The Morgan fingerprint density at radius 2 is 1.82 bits per heavy atom. The SMILES string of the molecule is C/C=C/C1CCC(C#Cc2cccc3c(F)c(OCC(F)(F)F)ccc23)CC1. The molecule has 2 aromatic rings. The van der Waals surface area contributed by atoms with Crippen molar-refractivity contribution in [2.75, 3.05) is 6.61 Å². The largest absolute Gasteiger partial charge is 0.481 e. The smallest absolute Gasteiger partial charge is 0.422 e. The van der Waals surface area contributed by atoms with Crippen LogP contribution in [-0.4, -0.2) is 12.8 Å². The molecule has 0 amide bonds. The molecule has 1 aliphatic carbocycles. The van der Waals surface area contributed by atoms with Crippen molar-refractivity contribution in [2.24, 2.45) is 11.8 Å². The monoisotopic (exact) mass is 390 g/mol. The first-order valence-corrected chi connectivity index (χ1v) is 9.42. The lowest BCUT2D eigenvalue weighted by atomic mass is 9.82. The van der Waals surface area contributed by atoms with E-state index in [0.717, 1.165) is 25.7 Å². The van der Waals surface area contributed by atoms with Gasteiger partial charge in [0.1, 0.15) is 0 Å². The quantitative estimate of drug-likeness (QED) is 0.324. The van der Waals surface area contributed by atoms with Gasteiger partial charge in [0.25, 0.3) is 0 Å². The number of fused-ring (bicyclic) bond motifs is 1. The molecule has 1 aliphatic rings. The number of allylic oxidation sites excluding steroid dienone is 2. The van der Waals surface area contributed by atoms with Gasteiger partial charge < -0.3 is 4.74 Å². The van der Waals surface area contributed by atoms with E-state index in [0.29, 0.717) is 22.8 Å². The molecular weight excluding hydrogens is 368 g/mol. The number of hydrogen-bond acceptors (Lipinski definition) is 1. The second-order valence-electron chi connectivity index (χ2n) is 7.09. The van der Waals surface area contributed by atoms with Gasteiger partial charge in [-0.2, -0.15) is 13.2 Å². The topological polar surface area (TPSA) is 9.23 Å². The van der Waals surface area contributed by atoms with Gasteiger partial charge in [0.2, 0.25) is 0 Å². The van der Waals surface area contributed by atoms with Crippen LogP contribution in [-0.2, 0) is 0 Å². The third kappa shape index (κ3) is 5.07. The van der Waals surface area contributed by atoms with E-state index < -0.39 is 24.3 Å². The summed E-state index contributed by atoms with van der Waals surface area (Å²) in [7, 11) is 0. The number of alkyl halides is 3. The highest BCUT2D eigenvalue weighted by Gasteiger charge is 2.29. The molecule has 148 valence electrons. The Morgan fingerprint density at radius 1 is 1.07 bits per heavy atom. The molecule has 5 heteroatoms. The van der Waals surface area contributed by atoms with Crippen LogP contribution >= 0.6 is 0 Å². The van der Waals surface area contributed by atoms with E-state index in [1.165, 1.54) is 12.1 Å². The van der Waals surface area contributed by atoms with E-state index >= 15 is 0 Å². The molecule has 0 atom stereocenters. The molecule has 0 N–H and O–H groups in total. The van der Waals surface area contributed by atoms with Crippen molar-refractivity contribution in [1.82, 2.24) is 0 Å². The molecule has 0 saturated heterocycles. The van der Waals surface area contributed by atoms with Crippen molar-refractivity contribution in [3.05, 3.63) is 53.9 Å². The maximum absolute atomic E-state index is 14.6. The Bertz CT molecular complexity index is 910. The lowest BCUT2D eigenvalue weighted by Crippen LogP contribution is -2.19. The maximum atomic E-state index is 14.6. The van der Waals surface area contributed by atoms with Crippen molar-refractivity contribution in [3.63, 3.8) is 0 Å². The molecule has 28 heavy (non-hydrogen) atoms. The van der Waals surface area contributed by atoms with Crippen molar-refractivity contribution < 1.29 is 22.3 Å². The first-order chi connectivity index (χ1) is 13.4. The summed E-state index contributed by atoms with van der Waals surface area (Å²) in [6.45, 7) is 0.510. The lowest BCUT2D eigenvalue weighted by molar-refractivity contribution is -0.153. The minimum absolute atomic E-state index is 0.211.